The smallest absolute Gasteiger partial charge is 0.0107 e. The van der Waals surface area contributed by atoms with Crippen LogP contribution < -0.4 is 5.32 Å². The first-order valence-electron chi connectivity index (χ1n) is 7.73. The highest BCUT2D eigenvalue weighted by Gasteiger charge is 2.25. The fourth-order valence-corrected chi connectivity index (χ4v) is 2.87. The first-order chi connectivity index (χ1) is 8.57. The van der Waals surface area contributed by atoms with Crippen molar-refractivity contribution in [2.24, 2.45) is 5.41 Å². The summed E-state index contributed by atoms with van der Waals surface area (Å²) < 4.78 is 0. The van der Waals surface area contributed by atoms with Crippen LogP contribution >= 0.6 is 0 Å². The van der Waals surface area contributed by atoms with Gasteiger partial charge in [-0.1, -0.05) is 27.7 Å². The van der Waals surface area contributed by atoms with Crippen molar-refractivity contribution in [1.82, 2.24) is 15.1 Å². The SMILES string of the molecule is CCN(CC)CCNCCN1CCCC(C)(C)C1. The maximum Gasteiger partial charge on any atom is 0.0107 e. The summed E-state index contributed by atoms with van der Waals surface area (Å²) in [5, 5.41) is 3.58. The van der Waals surface area contributed by atoms with Gasteiger partial charge in [-0.05, 0) is 37.9 Å². The first-order valence-corrected chi connectivity index (χ1v) is 7.73. The summed E-state index contributed by atoms with van der Waals surface area (Å²) >= 11 is 0. The third-order valence-corrected chi connectivity index (χ3v) is 4.08. The largest absolute Gasteiger partial charge is 0.314 e. The molecule has 1 aliphatic rings. The maximum atomic E-state index is 3.58. The van der Waals surface area contributed by atoms with Gasteiger partial charge in [0, 0.05) is 32.7 Å². The minimum atomic E-state index is 0.527. The fourth-order valence-electron chi connectivity index (χ4n) is 2.87. The lowest BCUT2D eigenvalue weighted by Gasteiger charge is -2.38. The van der Waals surface area contributed by atoms with Gasteiger partial charge in [0.25, 0.3) is 0 Å². The summed E-state index contributed by atoms with van der Waals surface area (Å²) in [4.78, 5) is 5.09. The Morgan fingerprint density at radius 3 is 2.50 bits per heavy atom. The predicted molar refractivity (Wildman–Crippen MR) is 80.1 cm³/mol. The van der Waals surface area contributed by atoms with E-state index in [-0.39, 0.29) is 0 Å². The van der Waals surface area contributed by atoms with E-state index in [2.05, 4.69) is 42.8 Å². The van der Waals surface area contributed by atoms with Gasteiger partial charge in [0.05, 0.1) is 0 Å². The number of rotatable bonds is 8. The van der Waals surface area contributed by atoms with E-state index in [1.165, 1.54) is 52.1 Å². The zero-order chi connectivity index (χ0) is 13.4. The topological polar surface area (TPSA) is 18.5 Å². The quantitative estimate of drug-likeness (QED) is 0.670. The van der Waals surface area contributed by atoms with Gasteiger partial charge in [0.2, 0.25) is 0 Å². The van der Waals surface area contributed by atoms with E-state index in [1.807, 2.05) is 0 Å². The van der Waals surface area contributed by atoms with E-state index in [4.69, 9.17) is 0 Å². The molecule has 0 radical (unpaired) electrons. The van der Waals surface area contributed by atoms with Crippen LogP contribution in [0.25, 0.3) is 0 Å². The Morgan fingerprint density at radius 2 is 1.89 bits per heavy atom. The molecule has 1 N–H and O–H groups in total. The second kappa shape index (κ2) is 8.13. The highest BCUT2D eigenvalue weighted by molar-refractivity contribution is 4.79. The van der Waals surface area contributed by atoms with Crippen molar-refractivity contribution < 1.29 is 0 Å². The van der Waals surface area contributed by atoms with Crippen molar-refractivity contribution in [3.05, 3.63) is 0 Å². The normalized spacial score (nSPS) is 20.5. The molecule has 0 aromatic heterocycles. The molecular formula is C15H33N3. The molecule has 3 nitrogen and oxygen atoms in total. The molecule has 1 heterocycles. The molecule has 108 valence electrons. The Hall–Kier alpha value is -0.120. The van der Waals surface area contributed by atoms with Gasteiger partial charge < -0.3 is 15.1 Å². The monoisotopic (exact) mass is 255 g/mol. The van der Waals surface area contributed by atoms with E-state index in [1.54, 1.807) is 0 Å². The number of piperidine rings is 1. The Labute approximate surface area is 114 Å². The lowest BCUT2D eigenvalue weighted by atomic mass is 9.84. The number of nitrogens with zero attached hydrogens (tertiary/aromatic N) is 2. The summed E-state index contributed by atoms with van der Waals surface area (Å²) in [5.41, 5.74) is 0.527. The average molecular weight is 255 g/mol. The van der Waals surface area contributed by atoms with E-state index < -0.39 is 0 Å². The molecule has 0 atom stereocenters. The van der Waals surface area contributed by atoms with Crippen LogP contribution in [0.15, 0.2) is 0 Å². The van der Waals surface area contributed by atoms with Gasteiger partial charge >= 0.3 is 0 Å². The van der Waals surface area contributed by atoms with E-state index in [0.29, 0.717) is 5.41 Å². The fraction of sp³-hybridized carbons (Fsp3) is 1.00. The van der Waals surface area contributed by atoms with Gasteiger partial charge in [-0.3, -0.25) is 0 Å². The zero-order valence-electron chi connectivity index (χ0n) is 13.0. The Balaban J connectivity index is 2.04. The van der Waals surface area contributed by atoms with Crippen molar-refractivity contribution >= 4 is 0 Å². The van der Waals surface area contributed by atoms with Gasteiger partial charge in [-0.25, -0.2) is 0 Å². The third-order valence-electron chi connectivity index (χ3n) is 4.08. The molecule has 0 unspecified atom stereocenters. The molecule has 1 saturated heterocycles. The second-order valence-corrected chi connectivity index (χ2v) is 6.32. The summed E-state index contributed by atoms with van der Waals surface area (Å²) in [6.07, 6.45) is 2.76. The molecule has 3 heteroatoms. The predicted octanol–water partition coefficient (Wildman–Crippen LogP) is 2.04. The molecule has 0 spiro atoms. The van der Waals surface area contributed by atoms with Crippen molar-refractivity contribution in [2.45, 2.75) is 40.5 Å². The third kappa shape index (κ3) is 6.17. The van der Waals surface area contributed by atoms with E-state index >= 15 is 0 Å². The van der Waals surface area contributed by atoms with Crippen LogP contribution in [0.4, 0.5) is 0 Å². The van der Waals surface area contributed by atoms with Crippen molar-refractivity contribution in [1.29, 1.82) is 0 Å². The van der Waals surface area contributed by atoms with E-state index in [0.717, 1.165) is 13.1 Å². The summed E-state index contributed by atoms with van der Waals surface area (Å²) in [6.45, 7) is 18.8. The Kier molecular flexibility index (Phi) is 7.20. The van der Waals surface area contributed by atoms with E-state index in [9.17, 15) is 0 Å². The lowest BCUT2D eigenvalue weighted by Crippen LogP contribution is -2.43. The molecule has 1 fully saturated rings. The highest BCUT2D eigenvalue weighted by atomic mass is 15.2. The van der Waals surface area contributed by atoms with Crippen LogP contribution in [-0.4, -0.2) is 62.2 Å². The van der Waals surface area contributed by atoms with Crippen LogP contribution in [-0.2, 0) is 0 Å². The molecule has 1 aliphatic heterocycles. The summed E-state index contributed by atoms with van der Waals surface area (Å²) in [7, 11) is 0. The summed E-state index contributed by atoms with van der Waals surface area (Å²) in [6, 6.07) is 0. The van der Waals surface area contributed by atoms with Gasteiger partial charge in [0.1, 0.15) is 0 Å². The number of nitrogens with one attached hydrogen (secondary N) is 1. The van der Waals surface area contributed by atoms with Crippen LogP contribution in [0.3, 0.4) is 0 Å². The summed E-state index contributed by atoms with van der Waals surface area (Å²) in [5.74, 6) is 0. The van der Waals surface area contributed by atoms with Gasteiger partial charge in [0.15, 0.2) is 0 Å². The van der Waals surface area contributed by atoms with Crippen LogP contribution in [0.2, 0.25) is 0 Å². The van der Waals surface area contributed by atoms with Crippen LogP contribution in [0.5, 0.6) is 0 Å². The first kappa shape index (κ1) is 15.9. The zero-order valence-corrected chi connectivity index (χ0v) is 13.0. The highest BCUT2D eigenvalue weighted by Crippen LogP contribution is 2.27. The number of hydrogen-bond acceptors (Lipinski definition) is 3. The Bertz CT molecular complexity index is 212. The van der Waals surface area contributed by atoms with Crippen LogP contribution in [0.1, 0.15) is 40.5 Å². The molecule has 0 aliphatic carbocycles. The molecule has 0 aromatic rings. The van der Waals surface area contributed by atoms with Crippen molar-refractivity contribution in [3.63, 3.8) is 0 Å². The minimum Gasteiger partial charge on any atom is -0.314 e. The molecule has 0 saturated carbocycles. The number of likely N-dealkylation sites (tertiary alicyclic amines) is 1. The molecule has 18 heavy (non-hydrogen) atoms. The number of likely N-dealkylation sites (N-methyl/N-ethyl adjacent to an activating group) is 1. The van der Waals surface area contributed by atoms with Crippen molar-refractivity contribution in [2.75, 3.05) is 52.4 Å². The van der Waals surface area contributed by atoms with Crippen LogP contribution in [0, 0.1) is 5.41 Å². The maximum absolute atomic E-state index is 3.58. The molecule has 0 aromatic carbocycles. The second-order valence-electron chi connectivity index (χ2n) is 6.32. The van der Waals surface area contributed by atoms with Gasteiger partial charge in [-0.2, -0.15) is 0 Å². The molecular weight excluding hydrogens is 222 g/mol. The molecule has 1 rings (SSSR count). The Morgan fingerprint density at radius 1 is 1.17 bits per heavy atom. The van der Waals surface area contributed by atoms with Crippen molar-refractivity contribution in [3.8, 4) is 0 Å². The minimum absolute atomic E-state index is 0.527. The standard InChI is InChI=1S/C15H33N3/c1-5-17(6-2)12-9-16-10-13-18-11-7-8-15(3,4)14-18/h16H,5-14H2,1-4H3. The average Bonchev–Trinajstić information content (AvgIpc) is 2.32. The lowest BCUT2D eigenvalue weighted by molar-refractivity contribution is 0.118. The number of hydrogen-bond donors (Lipinski definition) is 1. The molecule has 0 amide bonds. The molecule has 0 bridgehead atoms. The van der Waals surface area contributed by atoms with Gasteiger partial charge in [-0.15, -0.1) is 0 Å².